The Morgan fingerprint density at radius 2 is 2.04 bits per heavy atom. The molecule has 0 amide bonds. The van der Waals surface area contributed by atoms with Crippen LogP contribution in [0.15, 0.2) is 58.0 Å². The third kappa shape index (κ3) is 2.68. The molecule has 1 aliphatic heterocycles. The molecular formula is C18H16N4S2. The Balaban J connectivity index is 1.95. The second kappa shape index (κ2) is 6.30. The van der Waals surface area contributed by atoms with Crippen molar-refractivity contribution < 1.29 is 0 Å². The minimum Gasteiger partial charge on any atom is -0.374 e. The van der Waals surface area contributed by atoms with Crippen molar-refractivity contribution in [2.45, 2.75) is 13.0 Å². The molecular weight excluding hydrogens is 336 g/mol. The van der Waals surface area contributed by atoms with Crippen molar-refractivity contribution in [3.63, 3.8) is 0 Å². The SMILES string of the molecule is CNC1=Nc2ncccc2C(c2cccs2)=NC1c1ccc(C)s1. The average Bonchev–Trinajstić information content (AvgIpc) is 3.24. The predicted octanol–water partition coefficient (Wildman–Crippen LogP) is 4.35. The van der Waals surface area contributed by atoms with Crippen LogP contribution in [0.25, 0.3) is 0 Å². The van der Waals surface area contributed by atoms with Gasteiger partial charge in [0, 0.05) is 28.6 Å². The first-order chi connectivity index (χ1) is 11.8. The van der Waals surface area contributed by atoms with Gasteiger partial charge in [0.2, 0.25) is 0 Å². The standard InChI is InChI=1S/C18H16N4S2/c1-11-7-8-14(24-11)16-18(19-2)22-17-12(5-3-9-20-17)15(21-16)13-6-4-10-23-13/h3-10,16H,1-2H3,(H,19,20,22). The van der Waals surface area contributed by atoms with Gasteiger partial charge in [-0.15, -0.1) is 22.7 Å². The van der Waals surface area contributed by atoms with Crippen molar-refractivity contribution in [1.29, 1.82) is 0 Å². The minimum atomic E-state index is -0.139. The summed E-state index contributed by atoms with van der Waals surface area (Å²) >= 11 is 3.44. The fourth-order valence-corrected chi connectivity index (χ4v) is 4.36. The van der Waals surface area contributed by atoms with Crippen molar-refractivity contribution in [2.75, 3.05) is 7.05 Å². The highest BCUT2D eigenvalue weighted by Crippen LogP contribution is 2.33. The van der Waals surface area contributed by atoms with E-state index in [9.17, 15) is 0 Å². The summed E-state index contributed by atoms with van der Waals surface area (Å²) in [6, 6.07) is 12.3. The summed E-state index contributed by atoms with van der Waals surface area (Å²) in [5, 5.41) is 5.29. The van der Waals surface area contributed by atoms with Gasteiger partial charge >= 0.3 is 0 Å². The lowest BCUT2D eigenvalue weighted by atomic mass is 10.1. The number of amidine groups is 1. The van der Waals surface area contributed by atoms with Crippen LogP contribution in [0.1, 0.15) is 26.2 Å². The maximum Gasteiger partial charge on any atom is 0.163 e. The zero-order valence-corrected chi connectivity index (χ0v) is 15.0. The molecule has 6 heteroatoms. The molecule has 0 fully saturated rings. The number of thiophene rings is 2. The summed E-state index contributed by atoms with van der Waals surface area (Å²) < 4.78 is 0. The van der Waals surface area contributed by atoms with Gasteiger partial charge in [0.25, 0.3) is 0 Å². The molecule has 3 aromatic heterocycles. The number of pyridine rings is 1. The van der Waals surface area contributed by atoms with Crippen molar-refractivity contribution in [3.05, 3.63) is 68.2 Å². The normalized spacial score (nSPS) is 16.8. The summed E-state index contributed by atoms with van der Waals surface area (Å²) in [6.07, 6.45) is 1.78. The van der Waals surface area contributed by atoms with Gasteiger partial charge in [-0.3, -0.25) is 4.99 Å². The minimum absolute atomic E-state index is 0.139. The number of aryl methyl sites for hydroxylation is 1. The lowest BCUT2D eigenvalue weighted by molar-refractivity contribution is 0.928. The first-order valence-corrected chi connectivity index (χ1v) is 9.35. The van der Waals surface area contributed by atoms with E-state index in [-0.39, 0.29) is 6.04 Å². The Hall–Kier alpha value is -2.31. The Morgan fingerprint density at radius 1 is 1.12 bits per heavy atom. The van der Waals surface area contributed by atoms with Gasteiger partial charge in [0.15, 0.2) is 5.82 Å². The summed E-state index contributed by atoms with van der Waals surface area (Å²) in [5.41, 5.74) is 1.93. The average molecular weight is 352 g/mol. The molecule has 1 atom stereocenters. The van der Waals surface area contributed by atoms with E-state index in [1.165, 1.54) is 9.75 Å². The van der Waals surface area contributed by atoms with Gasteiger partial charge in [-0.05, 0) is 42.6 Å². The van der Waals surface area contributed by atoms with Crippen LogP contribution in [-0.4, -0.2) is 23.6 Å². The lowest BCUT2D eigenvalue weighted by Crippen LogP contribution is -2.24. The molecule has 1 aliphatic rings. The zero-order chi connectivity index (χ0) is 16.5. The maximum atomic E-state index is 5.10. The van der Waals surface area contributed by atoms with Crippen LogP contribution in [-0.2, 0) is 0 Å². The Bertz CT molecular complexity index is 922. The molecule has 0 aromatic carbocycles. The van der Waals surface area contributed by atoms with Gasteiger partial charge in [-0.1, -0.05) is 6.07 Å². The zero-order valence-electron chi connectivity index (χ0n) is 13.4. The van der Waals surface area contributed by atoms with Crippen LogP contribution < -0.4 is 5.32 Å². The fourth-order valence-electron chi connectivity index (χ4n) is 2.71. The van der Waals surface area contributed by atoms with Gasteiger partial charge < -0.3 is 5.32 Å². The van der Waals surface area contributed by atoms with Crippen LogP contribution in [0.5, 0.6) is 0 Å². The number of hydrogen-bond acceptors (Lipinski definition) is 6. The first kappa shape index (κ1) is 15.2. The van der Waals surface area contributed by atoms with Crippen molar-refractivity contribution in [1.82, 2.24) is 10.3 Å². The molecule has 0 bridgehead atoms. The highest BCUT2D eigenvalue weighted by Gasteiger charge is 2.26. The van der Waals surface area contributed by atoms with Crippen molar-refractivity contribution in [3.8, 4) is 0 Å². The van der Waals surface area contributed by atoms with Crippen molar-refractivity contribution in [2.24, 2.45) is 9.98 Å². The van der Waals surface area contributed by atoms with E-state index in [0.717, 1.165) is 22.0 Å². The second-order valence-corrected chi connectivity index (χ2v) is 7.69. The number of hydrogen-bond donors (Lipinski definition) is 1. The van der Waals surface area contributed by atoms with Crippen LogP contribution in [0.3, 0.4) is 0 Å². The van der Waals surface area contributed by atoms with E-state index >= 15 is 0 Å². The number of likely N-dealkylation sites (N-methyl/N-ethyl adjacent to an activating group) is 1. The molecule has 3 aromatic rings. The van der Waals surface area contributed by atoms with Crippen LogP contribution >= 0.6 is 22.7 Å². The Kier molecular flexibility index (Phi) is 4.00. The number of aliphatic imine (C=N–C) groups is 2. The molecule has 0 spiro atoms. The molecule has 4 nitrogen and oxygen atoms in total. The molecule has 4 rings (SSSR count). The van der Waals surface area contributed by atoms with E-state index in [1.807, 2.05) is 25.2 Å². The molecule has 24 heavy (non-hydrogen) atoms. The third-order valence-corrected chi connectivity index (χ3v) is 5.76. The molecule has 0 radical (unpaired) electrons. The number of aromatic nitrogens is 1. The largest absolute Gasteiger partial charge is 0.374 e. The summed E-state index contributed by atoms with van der Waals surface area (Å²) in [6.45, 7) is 2.11. The number of nitrogens with zero attached hydrogens (tertiary/aromatic N) is 3. The maximum absolute atomic E-state index is 5.10. The summed E-state index contributed by atoms with van der Waals surface area (Å²) in [4.78, 5) is 17.9. The van der Waals surface area contributed by atoms with Gasteiger partial charge in [0.05, 0.1) is 10.6 Å². The van der Waals surface area contributed by atoms with E-state index in [1.54, 1.807) is 28.9 Å². The molecule has 1 N–H and O–H groups in total. The molecule has 0 saturated carbocycles. The summed E-state index contributed by atoms with van der Waals surface area (Å²) in [7, 11) is 1.89. The number of fused-ring (bicyclic) bond motifs is 1. The first-order valence-electron chi connectivity index (χ1n) is 7.66. The van der Waals surface area contributed by atoms with Crippen LogP contribution in [0.4, 0.5) is 5.82 Å². The van der Waals surface area contributed by atoms with Crippen LogP contribution in [0, 0.1) is 6.92 Å². The molecule has 0 saturated heterocycles. The smallest absolute Gasteiger partial charge is 0.163 e. The van der Waals surface area contributed by atoms with E-state index < -0.39 is 0 Å². The van der Waals surface area contributed by atoms with E-state index in [4.69, 9.17) is 9.98 Å². The molecule has 4 heterocycles. The second-order valence-electron chi connectivity index (χ2n) is 5.43. The fraction of sp³-hybridized carbons (Fsp3) is 0.167. The quantitative estimate of drug-likeness (QED) is 0.745. The number of rotatable bonds is 2. The van der Waals surface area contributed by atoms with Gasteiger partial charge in [0.1, 0.15) is 11.9 Å². The van der Waals surface area contributed by atoms with E-state index in [0.29, 0.717) is 5.82 Å². The topological polar surface area (TPSA) is 49.6 Å². The van der Waals surface area contributed by atoms with E-state index in [2.05, 4.69) is 40.8 Å². The summed E-state index contributed by atoms with van der Waals surface area (Å²) in [5.74, 6) is 1.54. The van der Waals surface area contributed by atoms with Gasteiger partial charge in [-0.2, -0.15) is 0 Å². The predicted molar refractivity (Wildman–Crippen MR) is 102 cm³/mol. The Morgan fingerprint density at radius 3 is 2.75 bits per heavy atom. The molecule has 0 aliphatic carbocycles. The van der Waals surface area contributed by atoms with Gasteiger partial charge in [-0.25, -0.2) is 9.98 Å². The number of nitrogens with one attached hydrogen (secondary N) is 1. The molecule has 1 unspecified atom stereocenters. The van der Waals surface area contributed by atoms with Crippen LogP contribution in [0.2, 0.25) is 0 Å². The Labute approximate surface area is 148 Å². The highest BCUT2D eigenvalue weighted by atomic mass is 32.1. The molecule has 120 valence electrons. The third-order valence-electron chi connectivity index (χ3n) is 3.83. The highest BCUT2D eigenvalue weighted by molar-refractivity contribution is 7.12. The van der Waals surface area contributed by atoms with Crippen molar-refractivity contribution >= 4 is 40.0 Å². The lowest BCUT2D eigenvalue weighted by Gasteiger charge is -2.13. The monoisotopic (exact) mass is 352 g/mol.